The molecule has 5 aromatic rings. The van der Waals surface area contributed by atoms with Gasteiger partial charge in [-0.3, -0.25) is 4.79 Å². The Morgan fingerprint density at radius 1 is 0.727 bits per heavy atom. The topological polar surface area (TPSA) is 240 Å². The number of phosphoric acid groups is 1. The number of nitrogens with one attached hydrogen (secondary N) is 1. The highest BCUT2D eigenvalue weighted by molar-refractivity contribution is 7.99. The number of carbonyl (C=O) groups is 2. The van der Waals surface area contributed by atoms with Crippen LogP contribution in [-0.2, 0) is 89.3 Å². The number of azide groups is 1. The number of thioether (sulfide) groups is 1. The van der Waals surface area contributed by atoms with Crippen molar-refractivity contribution in [1.82, 2.24) is 5.32 Å². The zero-order chi connectivity index (χ0) is 62.0. The lowest BCUT2D eigenvalue weighted by molar-refractivity contribution is -0.304. The van der Waals surface area contributed by atoms with Gasteiger partial charge < -0.3 is 53.2 Å². The summed E-state index contributed by atoms with van der Waals surface area (Å²) >= 11 is 19.5. The quantitative estimate of drug-likeness (QED) is 0.00580. The number of carbonyl (C=O) groups excluding carboxylic acids is 2. The van der Waals surface area contributed by atoms with E-state index in [4.69, 9.17) is 86.3 Å². The monoisotopic (exact) mass is 1310 g/mol. The van der Waals surface area contributed by atoms with E-state index >= 15 is 9.69 Å². The standard InChI is InChI=1S/C64H78Cl3N4O15PS/c1-2-3-4-5-6-7-8-9-20-33-50(77-38-46-27-16-11-17-28-46)36-54(72)85-60-56(69-63(74)80-44-64(65,66)67)61(83-52(42-76-37-45-25-14-10-15-26-45)59(60)86-87(75)81-40-48-31-23-24-32-49(48)41-82-87)79-43-53-58(78-39-47-29-18-12-19-30-47)57(73)55(70-71-68)62(84-53)88-51-34-21-13-22-35-51/h10-19,21-32,34-35,50,52-53,55-62,73H,2-9,20,33,36-44H2,1H3,(H,69,74)/t50-,52-,53-,55-,56-,57-,58-,59-,60-,61-,62?/m1/s1/i43+1. The highest BCUT2D eigenvalue weighted by Crippen LogP contribution is 2.59. The molecule has 476 valence electrons. The second-order valence-electron chi connectivity index (χ2n) is 21.7. The van der Waals surface area contributed by atoms with Gasteiger partial charge in [0.05, 0.1) is 51.7 Å². The van der Waals surface area contributed by atoms with Gasteiger partial charge >= 0.3 is 20.2 Å². The van der Waals surface area contributed by atoms with Crippen molar-refractivity contribution < 1.29 is 71.1 Å². The number of hydrogen-bond acceptors (Lipinski definition) is 17. The molecule has 0 radical (unpaired) electrons. The Labute approximate surface area is 534 Å². The molecule has 2 N–H and O–H groups in total. The van der Waals surface area contributed by atoms with Crippen LogP contribution in [0.4, 0.5) is 4.79 Å². The zero-order valence-electron chi connectivity index (χ0n) is 49.1. The summed E-state index contributed by atoms with van der Waals surface area (Å²) in [7, 11) is -4.66. The molecule has 11 atom stereocenters. The van der Waals surface area contributed by atoms with Crippen molar-refractivity contribution >= 4 is 66.8 Å². The number of aliphatic hydroxyl groups excluding tert-OH is 1. The largest absolute Gasteiger partial charge is 0.606 e. The van der Waals surface area contributed by atoms with Crippen LogP contribution in [0, 0.1) is 0 Å². The van der Waals surface area contributed by atoms with E-state index < -0.39 is 104 Å². The van der Waals surface area contributed by atoms with Crippen LogP contribution in [0.1, 0.15) is 105 Å². The lowest BCUT2D eigenvalue weighted by Gasteiger charge is -2.47. The number of halogens is 3. The van der Waals surface area contributed by atoms with Gasteiger partial charge in [-0.05, 0) is 51.9 Å². The van der Waals surface area contributed by atoms with Gasteiger partial charge in [0.25, 0.3) is 0 Å². The summed E-state index contributed by atoms with van der Waals surface area (Å²) in [4.78, 5) is 48.2. The van der Waals surface area contributed by atoms with E-state index in [0.717, 1.165) is 53.7 Å². The minimum Gasteiger partial charge on any atom is -0.606 e. The minimum absolute atomic E-state index is 0.00337. The van der Waals surface area contributed by atoms with Crippen LogP contribution in [0.3, 0.4) is 0 Å². The maximum absolute atomic E-state index is 15.1. The molecule has 8 rings (SSSR count). The van der Waals surface area contributed by atoms with Crippen molar-refractivity contribution in [3.05, 3.63) is 184 Å². The molecule has 0 bridgehead atoms. The average molecular weight is 1310 g/mol. The number of esters is 1. The summed E-state index contributed by atoms with van der Waals surface area (Å²) in [5.74, 6) is -0.787. The van der Waals surface area contributed by atoms with E-state index in [1.165, 1.54) is 37.4 Å². The van der Waals surface area contributed by atoms with Crippen LogP contribution in [0.25, 0.3) is 10.4 Å². The maximum Gasteiger partial charge on any atom is 0.407 e. The molecule has 3 aliphatic rings. The Morgan fingerprint density at radius 2 is 1.28 bits per heavy atom. The molecule has 1 amide bonds. The molecule has 0 spiro atoms. The fourth-order valence-electron chi connectivity index (χ4n) is 10.4. The Hall–Kier alpha value is -4.64. The van der Waals surface area contributed by atoms with E-state index in [2.05, 4.69) is 22.3 Å². The van der Waals surface area contributed by atoms with Crippen molar-refractivity contribution in [3.63, 3.8) is 0 Å². The van der Waals surface area contributed by atoms with Crippen molar-refractivity contribution in [2.45, 2.75) is 186 Å². The number of aliphatic hydroxyl groups is 1. The summed E-state index contributed by atoms with van der Waals surface area (Å²) in [5.41, 5.74) is 12.7. The van der Waals surface area contributed by atoms with Gasteiger partial charge in [0.1, 0.15) is 55.7 Å². The number of unbranched alkanes of at least 4 members (excludes halogenated alkanes) is 8. The smallest absolute Gasteiger partial charge is 0.407 e. The Bertz CT molecular complexity index is 2870. The fraction of sp³-hybridized carbons (Fsp3) is 0.500. The predicted octanol–water partition coefficient (Wildman–Crippen LogP) is 13.5. The van der Waals surface area contributed by atoms with Gasteiger partial charge in [-0.25, -0.2) is 4.79 Å². The Balaban J connectivity index is 1.15. The number of benzene rings is 5. The molecular formula is C64H78Cl3N4O15PS. The summed E-state index contributed by atoms with van der Waals surface area (Å²) < 4.78 is 68.2. The third-order valence-electron chi connectivity index (χ3n) is 15.0. The molecule has 3 aliphatic heterocycles. The van der Waals surface area contributed by atoms with Gasteiger partial charge in [-0.15, -0.1) is 0 Å². The first-order valence-corrected chi connectivity index (χ1v) is 33.4. The summed E-state index contributed by atoms with van der Waals surface area (Å²) in [6, 6.07) is 41.8. The number of phosphoric ester groups is 1. The van der Waals surface area contributed by atoms with Crippen molar-refractivity contribution in [2.24, 2.45) is 5.11 Å². The Morgan fingerprint density at radius 3 is 1.89 bits per heavy atom. The normalized spacial score (nSPS) is 23.8. The highest BCUT2D eigenvalue weighted by atomic mass is 35.6. The Kier molecular flexibility index (Phi) is 28.7. The number of ether oxygens (including phenoxy) is 8. The fourth-order valence-corrected chi connectivity index (χ4v) is 13.0. The first-order valence-electron chi connectivity index (χ1n) is 29.9. The lowest BCUT2D eigenvalue weighted by atomic mass is 9.96. The van der Waals surface area contributed by atoms with Crippen LogP contribution in [0.15, 0.2) is 156 Å². The third kappa shape index (κ3) is 22.6. The molecule has 0 saturated carbocycles. The second kappa shape index (κ2) is 36.4. The van der Waals surface area contributed by atoms with Gasteiger partial charge in [0.15, 0.2) is 18.5 Å². The molecule has 0 aliphatic carbocycles. The van der Waals surface area contributed by atoms with Crippen LogP contribution >= 0.6 is 54.7 Å². The molecular weight excluding hydrogens is 1240 g/mol. The van der Waals surface area contributed by atoms with Crippen molar-refractivity contribution in [3.8, 4) is 0 Å². The number of amides is 1. The van der Waals surface area contributed by atoms with Crippen molar-refractivity contribution in [1.29, 1.82) is 0 Å². The number of nitrogens with zero attached hydrogens (tertiary/aromatic N) is 3. The SMILES string of the molecule is CCCCCCCCCCC[C@H](CC(=O)O[C@@H]1[C@@H](NC(=O)OCC(Cl)(Cl)Cl)[C@H](O[13CH2][C@H]2OC(Sc3ccccc3)[C@H](N=[N+]=[N-])[C@@H](O)[C@@H]2OCc2ccccc2)O[C@H](COCc2ccccc2)[C@H]1O[P+]1([O-])OCc2ccccc2CO1)OCc1ccccc1. The van der Waals surface area contributed by atoms with Crippen LogP contribution < -0.4 is 10.2 Å². The maximum atomic E-state index is 15.1. The molecule has 3 heterocycles. The molecule has 1 unspecified atom stereocenters. The molecule has 88 heavy (non-hydrogen) atoms. The number of hydrogen-bond donors (Lipinski definition) is 2. The van der Waals surface area contributed by atoms with Crippen molar-refractivity contribution in [2.75, 3.05) is 19.8 Å². The zero-order valence-corrected chi connectivity index (χ0v) is 53.1. The molecule has 0 aromatic heterocycles. The summed E-state index contributed by atoms with van der Waals surface area (Å²) in [6.07, 6.45) is -1.89. The molecule has 5 aromatic carbocycles. The predicted molar refractivity (Wildman–Crippen MR) is 333 cm³/mol. The summed E-state index contributed by atoms with van der Waals surface area (Å²) in [5, 5.41) is 19.0. The summed E-state index contributed by atoms with van der Waals surface area (Å²) in [6.45, 7) is 0.635. The van der Waals surface area contributed by atoms with E-state index in [1.54, 1.807) is 0 Å². The van der Waals surface area contributed by atoms with Crippen LogP contribution in [0.2, 0.25) is 0 Å². The molecule has 24 heteroatoms. The van der Waals surface area contributed by atoms with E-state index in [1.807, 2.05) is 146 Å². The third-order valence-corrected chi connectivity index (χ3v) is 17.9. The first-order chi connectivity index (χ1) is 42.8. The van der Waals surface area contributed by atoms with Crippen LogP contribution in [0.5, 0.6) is 0 Å². The molecule has 2 saturated heterocycles. The van der Waals surface area contributed by atoms with E-state index in [0.29, 0.717) is 17.5 Å². The van der Waals surface area contributed by atoms with Gasteiger partial charge in [0.2, 0.25) is 3.79 Å². The van der Waals surface area contributed by atoms with Gasteiger partial charge in [-0.2, -0.15) is 13.6 Å². The number of alkyl halides is 3. The first kappa shape index (κ1) is 69.3. The highest BCUT2D eigenvalue weighted by Gasteiger charge is 2.57. The number of alkyl carbamates (subject to hydrolysis) is 1. The number of fused-ring (bicyclic) bond motifs is 1. The molecule has 2 fully saturated rings. The van der Waals surface area contributed by atoms with E-state index in [9.17, 15) is 15.4 Å². The average Bonchev–Trinajstić information content (AvgIpc) is 2.81. The van der Waals surface area contributed by atoms with Crippen LogP contribution in [-0.4, -0.2) is 107 Å². The minimum atomic E-state index is -4.66. The number of rotatable bonds is 33. The second-order valence-corrected chi connectivity index (χ2v) is 27.0. The van der Waals surface area contributed by atoms with E-state index in [-0.39, 0.29) is 46.1 Å². The molecule has 19 nitrogen and oxygen atoms in total. The van der Waals surface area contributed by atoms with Gasteiger partial charge in [-0.1, -0.05) is 250 Å². The lowest BCUT2D eigenvalue weighted by Crippen LogP contribution is -2.67. The van der Waals surface area contributed by atoms with Gasteiger partial charge in [0, 0.05) is 9.81 Å².